The van der Waals surface area contributed by atoms with Crippen molar-refractivity contribution in [3.05, 3.63) is 33.3 Å². The molecule has 1 unspecified atom stereocenters. The van der Waals surface area contributed by atoms with Crippen LogP contribution in [0.3, 0.4) is 0 Å². The average Bonchev–Trinajstić information content (AvgIpc) is 2.32. The van der Waals surface area contributed by atoms with Crippen molar-refractivity contribution in [1.29, 1.82) is 0 Å². The lowest BCUT2D eigenvalue weighted by Gasteiger charge is -2.24. The summed E-state index contributed by atoms with van der Waals surface area (Å²) in [5.74, 6) is 0. The fourth-order valence-corrected chi connectivity index (χ4v) is 2.29. The van der Waals surface area contributed by atoms with Crippen LogP contribution in [0.25, 0.3) is 0 Å². The molecule has 0 saturated carbocycles. The molecule has 0 bridgehead atoms. The molecule has 0 aromatic heterocycles. The van der Waals surface area contributed by atoms with E-state index in [1.54, 1.807) is 0 Å². The van der Waals surface area contributed by atoms with Crippen LogP contribution in [0.1, 0.15) is 43.5 Å². The number of nitrogens with one attached hydrogen (secondary N) is 1. The average molecular weight is 343 g/mol. The molecule has 0 aliphatic rings. The van der Waals surface area contributed by atoms with Crippen molar-refractivity contribution < 1.29 is 9.53 Å². The zero-order valence-electron chi connectivity index (χ0n) is 12.7. The van der Waals surface area contributed by atoms with Gasteiger partial charge in [-0.05, 0) is 51.3 Å². The minimum atomic E-state index is -0.522. The molecule has 4 nitrogen and oxygen atoms in total. The Morgan fingerprint density at radius 3 is 2.50 bits per heavy atom. The molecule has 1 aromatic carbocycles. The van der Waals surface area contributed by atoms with Crippen LogP contribution in [-0.2, 0) is 4.74 Å². The topological polar surface area (TPSA) is 64.3 Å². The number of benzene rings is 1. The van der Waals surface area contributed by atoms with E-state index in [2.05, 4.69) is 21.2 Å². The van der Waals surface area contributed by atoms with E-state index in [0.29, 0.717) is 6.54 Å². The Morgan fingerprint density at radius 2 is 2.00 bits per heavy atom. The fourth-order valence-electron chi connectivity index (χ4n) is 1.93. The predicted octanol–water partition coefficient (Wildman–Crippen LogP) is 3.59. The van der Waals surface area contributed by atoms with Crippen molar-refractivity contribution in [2.24, 2.45) is 5.73 Å². The summed E-state index contributed by atoms with van der Waals surface area (Å²) in [5, 5.41) is 2.82. The molecule has 1 atom stereocenters. The molecule has 0 radical (unpaired) electrons. The first-order chi connectivity index (χ1) is 9.15. The maximum absolute atomic E-state index is 11.9. The Bertz CT molecular complexity index is 495. The number of alkyl carbamates (subject to hydrolysis) is 1. The SMILES string of the molecule is Cc1ccc(C(CN)NC(=O)OC(C)(C)C)c(C)c1Br. The Morgan fingerprint density at radius 1 is 1.40 bits per heavy atom. The van der Waals surface area contributed by atoms with E-state index >= 15 is 0 Å². The quantitative estimate of drug-likeness (QED) is 0.882. The summed E-state index contributed by atoms with van der Waals surface area (Å²) in [5.41, 5.74) is 8.49. The van der Waals surface area contributed by atoms with Crippen LogP contribution >= 0.6 is 15.9 Å². The number of nitrogens with two attached hydrogens (primary N) is 1. The smallest absolute Gasteiger partial charge is 0.408 e. The standard InChI is InChI=1S/C15H23BrN2O2/c1-9-6-7-11(10(2)13(9)16)12(8-17)18-14(19)20-15(3,4)5/h6-7,12H,8,17H2,1-5H3,(H,18,19). The second-order valence-corrected chi connectivity index (χ2v) is 6.64. The van der Waals surface area contributed by atoms with Crippen molar-refractivity contribution in [2.45, 2.75) is 46.3 Å². The van der Waals surface area contributed by atoms with Gasteiger partial charge in [0.1, 0.15) is 5.60 Å². The number of rotatable bonds is 3. The number of ether oxygens (including phenoxy) is 1. The van der Waals surface area contributed by atoms with Gasteiger partial charge in [0.25, 0.3) is 0 Å². The summed E-state index contributed by atoms with van der Waals surface area (Å²) in [6, 6.07) is 3.73. The molecular weight excluding hydrogens is 320 g/mol. The molecule has 0 aliphatic heterocycles. The highest BCUT2D eigenvalue weighted by molar-refractivity contribution is 9.10. The van der Waals surface area contributed by atoms with Crippen molar-refractivity contribution >= 4 is 22.0 Å². The third kappa shape index (κ3) is 4.49. The van der Waals surface area contributed by atoms with E-state index in [-0.39, 0.29) is 6.04 Å². The fraction of sp³-hybridized carbons (Fsp3) is 0.533. The van der Waals surface area contributed by atoms with Gasteiger partial charge < -0.3 is 15.8 Å². The van der Waals surface area contributed by atoms with E-state index in [4.69, 9.17) is 10.5 Å². The lowest BCUT2D eigenvalue weighted by atomic mass is 9.99. The summed E-state index contributed by atoms with van der Waals surface area (Å²) in [4.78, 5) is 11.9. The zero-order chi connectivity index (χ0) is 15.5. The van der Waals surface area contributed by atoms with Crippen LogP contribution in [-0.4, -0.2) is 18.2 Å². The van der Waals surface area contributed by atoms with E-state index < -0.39 is 11.7 Å². The van der Waals surface area contributed by atoms with Crippen LogP contribution in [0.2, 0.25) is 0 Å². The number of hydrogen-bond donors (Lipinski definition) is 2. The summed E-state index contributed by atoms with van der Waals surface area (Å²) in [6.07, 6.45) is -0.455. The lowest BCUT2D eigenvalue weighted by molar-refractivity contribution is 0.0505. The van der Waals surface area contributed by atoms with Gasteiger partial charge in [-0.25, -0.2) is 4.79 Å². The maximum Gasteiger partial charge on any atom is 0.408 e. The minimum absolute atomic E-state index is 0.262. The second-order valence-electron chi connectivity index (χ2n) is 5.85. The highest BCUT2D eigenvalue weighted by Gasteiger charge is 2.21. The monoisotopic (exact) mass is 342 g/mol. The van der Waals surface area contributed by atoms with Gasteiger partial charge in [0, 0.05) is 11.0 Å². The molecular formula is C15H23BrN2O2. The Kier molecular flexibility index (Phi) is 5.59. The van der Waals surface area contributed by atoms with Crippen LogP contribution in [0.15, 0.2) is 16.6 Å². The van der Waals surface area contributed by atoms with Crippen molar-refractivity contribution in [1.82, 2.24) is 5.32 Å². The third-order valence-electron chi connectivity index (χ3n) is 2.92. The summed E-state index contributed by atoms with van der Waals surface area (Å²) in [7, 11) is 0. The molecule has 0 fully saturated rings. The number of aryl methyl sites for hydroxylation is 1. The maximum atomic E-state index is 11.9. The number of halogens is 1. The first-order valence-electron chi connectivity index (χ1n) is 6.61. The summed E-state index contributed by atoms with van der Waals surface area (Å²) < 4.78 is 6.31. The number of amides is 1. The molecule has 0 saturated heterocycles. The van der Waals surface area contributed by atoms with Gasteiger partial charge in [-0.3, -0.25) is 0 Å². The molecule has 20 heavy (non-hydrogen) atoms. The largest absolute Gasteiger partial charge is 0.444 e. The normalized spacial score (nSPS) is 12.9. The Balaban J connectivity index is 2.92. The van der Waals surface area contributed by atoms with Gasteiger partial charge >= 0.3 is 6.09 Å². The molecule has 0 aliphatic carbocycles. The first-order valence-corrected chi connectivity index (χ1v) is 7.40. The number of carbonyl (C=O) groups is 1. The molecule has 1 rings (SSSR count). The second kappa shape index (κ2) is 6.59. The Labute approximate surface area is 129 Å². The molecule has 3 N–H and O–H groups in total. The zero-order valence-corrected chi connectivity index (χ0v) is 14.3. The van der Waals surface area contributed by atoms with Gasteiger partial charge in [-0.1, -0.05) is 28.1 Å². The molecule has 0 heterocycles. The number of hydrogen-bond acceptors (Lipinski definition) is 3. The van der Waals surface area contributed by atoms with Crippen LogP contribution in [0, 0.1) is 13.8 Å². The van der Waals surface area contributed by atoms with Crippen molar-refractivity contribution in [3.63, 3.8) is 0 Å². The van der Waals surface area contributed by atoms with Crippen LogP contribution < -0.4 is 11.1 Å². The minimum Gasteiger partial charge on any atom is -0.444 e. The van der Waals surface area contributed by atoms with Crippen LogP contribution in [0.5, 0.6) is 0 Å². The number of carbonyl (C=O) groups excluding carboxylic acids is 1. The Hall–Kier alpha value is -1.07. The van der Waals surface area contributed by atoms with Gasteiger partial charge in [-0.15, -0.1) is 0 Å². The van der Waals surface area contributed by atoms with E-state index in [1.807, 2.05) is 46.8 Å². The molecule has 112 valence electrons. The van der Waals surface area contributed by atoms with Gasteiger partial charge in [0.15, 0.2) is 0 Å². The van der Waals surface area contributed by atoms with E-state index in [0.717, 1.165) is 21.2 Å². The molecule has 0 spiro atoms. The van der Waals surface area contributed by atoms with E-state index in [1.165, 1.54) is 0 Å². The van der Waals surface area contributed by atoms with Gasteiger partial charge in [0.2, 0.25) is 0 Å². The summed E-state index contributed by atoms with van der Waals surface area (Å²) in [6.45, 7) is 9.84. The van der Waals surface area contributed by atoms with Crippen LogP contribution in [0.4, 0.5) is 4.79 Å². The third-order valence-corrected chi connectivity index (χ3v) is 4.14. The molecule has 1 aromatic rings. The molecule has 5 heteroatoms. The molecule has 1 amide bonds. The summed E-state index contributed by atoms with van der Waals surface area (Å²) >= 11 is 3.56. The van der Waals surface area contributed by atoms with E-state index in [9.17, 15) is 4.79 Å². The van der Waals surface area contributed by atoms with Crippen molar-refractivity contribution in [3.8, 4) is 0 Å². The predicted molar refractivity (Wildman–Crippen MR) is 84.8 cm³/mol. The van der Waals surface area contributed by atoms with Crippen molar-refractivity contribution in [2.75, 3.05) is 6.54 Å². The lowest BCUT2D eigenvalue weighted by Crippen LogP contribution is -2.38. The highest BCUT2D eigenvalue weighted by atomic mass is 79.9. The van der Waals surface area contributed by atoms with Gasteiger partial charge in [-0.2, -0.15) is 0 Å². The highest BCUT2D eigenvalue weighted by Crippen LogP contribution is 2.27. The first kappa shape index (κ1) is 17.0. The van der Waals surface area contributed by atoms with Gasteiger partial charge in [0.05, 0.1) is 6.04 Å².